The van der Waals surface area contributed by atoms with E-state index in [1.54, 1.807) is 0 Å². The monoisotopic (exact) mass is 323 g/mol. The molecule has 1 N–H and O–H groups in total. The van der Waals surface area contributed by atoms with Crippen LogP contribution in [0.1, 0.15) is 49.3 Å². The van der Waals surface area contributed by atoms with E-state index in [0.29, 0.717) is 19.4 Å². The van der Waals surface area contributed by atoms with E-state index in [9.17, 15) is 13.2 Å². The Morgan fingerprint density at radius 1 is 1.23 bits per heavy atom. The first-order valence-electron chi connectivity index (χ1n) is 7.80. The highest BCUT2D eigenvalue weighted by Gasteiger charge is 2.31. The molecule has 1 aliphatic heterocycles. The van der Waals surface area contributed by atoms with E-state index < -0.39 is 21.2 Å². The average Bonchev–Trinajstić information content (AvgIpc) is 3.02. The lowest BCUT2D eigenvalue weighted by Gasteiger charge is -2.25. The Balaban J connectivity index is 1.65. The van der Waals surface area contributed by atoms with E-state index in [2.05, 4.69) is 4.72 Å². The van der Waals surface area contributed by atoms with E-state index in [1.165, 1.54) is 5.56 Å². The Labute approximate surface area is 131 Å². The van der Waals surface area contributed by atoms with Crippen molar-refractivity contribution in [2.45, 2.75) is 49.9 Å². The van der Waals surface area contributed by atoms with Gasteiger partial charge in [0.1, 0.15) is 0 Å². The van der Waals surface area contributed by atoms with Gasteiger partial charge in [-0.2, -0.15) is 0 Å². The molecule has 1 amide bonds. The van der Waals surface area contributed by atoms with Gasteiger partial charge in [-0.05, 0) is 30.4 Å². The maximum absolute atomic E-state index is 12.2. The number of ether oxygens (including phenoxy) is 1. The molecule has 6 heteroatoms. The molecule has 1 heterocycles. The van der Waals surface area contributed by atoms with Crippen LogP contribution in [0.15, 0.2) is 24.3 Å². The number of nitrogens with one attached hydrogen (secondary N) is 1. The lowest BCUT2D eigenvalue weighted by atomic mass is 9.96. The second kappa shape index (κ2) is 6.38. The summed E-state index contributed by atoms with van der Waals surface area (Å²) in [6.07, 6.45) is 3.63. The molecule has 5 nitrogen and oxygen atoms in total. The highest BCUT2D eigenvalue weighted by atomic mass is 32.2. The molecule has 0 aromatic heterocycles. The highest BCUT2D eigenvalue weighted by Crippen LogP contribution is 2.30. The number of sulfonamides is 1. The molecule has 1 aliphatic carbocycles. The summed E-state index contributed by atoms with van der Waals surface area (Å²) < 4.78 is 32.2. The molecule has 0 spiro atoms. The van der Waals surface area contributed by atoms with E-state index in [1.807, 2.05) is 24.3 Å². The molecule has 1 fully saturated rings. The summed E-state index contributed by atoms with van der Waals surface area (Å²) in [7, 11) is -3.54. The van der Waals surface area contributed by atoms with Crippen molar-refractivity contribution in [3.05, 3.63) is 35.4 Å². The van der Waals surface area contributed by atoms with Crippen LogP contribution in [0.25, 0.3) is 0 Å². The summed E-state index contributed by atoms with van der Waals surface area (Å²) in [5.74, 6) is -0.478. The van der Waals surface area contributed by atoms with Gasteiger partial charge in [0.05, 0.1) is 24.4 Å². The number of carbonyl (C=O) groups excluding carboxylic acids is 1. The van der Waals surface area contributed by atoms with Gasteiger partial charge in [0, 0.05) is 0 Å². The van der Waals surface area contributed by atoms with E-state index in [-0.39, 0.29) is 12.5 Å². The Kier molecular flexibility index (Phi) is 4.49. The fraction of sp³-hybridized carbons (Fsp3) is 0.562. The Morgan fingerprint density at radius 3 is 2.73 bits per heavy atom. The Hall–Kier alpha value is -1.40. The van der Waals surface area contributed by atoms with E-state index in [0.717, 1.165) is 24.8 Å². The van der Waals surface area contributed by atoms with Crippen molar-refractivity contribution in [2.75, 3.05) is 6.61 Å². The SMILES string of the molecule is O=C(C[C@H]1OCCc2ccccc21)NS(=O)(=O)C1CCCC1. The molecule has 1 aromatic rings. The smallest absolute Gasteiger partial charge is 0.237 e. The van der Waals surface area contributed by atoms with Crippen LogP contribution in [0.2, 0.25) is 0 Å². The zero-order valence-corrected chi connectivity index (χ0v) is 13.3. The lowest BCUT2D eigenvalue weighted by Crippen LogP contribution is -2.38. The summed E-state index contributed by atoms with van der Waals surface area (Å²) >= 11 is 0. The van der Waals surface area contributed by atoms with Gasteiger partial charge in [0.25, 0.3) is 0 Å². The number of rotatable bonds is 4. The maximum Gasteiger partial charge on any atom is 0.237 e. The number of amides is 1. The topological polar surface area (TPSA) is 72.5 Å². The molecule has 22 heavy (non-hydrogen) atoms. The third-order valence-electron chi connectivity index (χ3n) is 4.46. The zero-order chi connectivity index (χ0) is 15.6. The minimum absolute atomic E-state index is 0.0446. The minimum atomic E-state index is -3.54. The Bertz CT molecular complexity index is 650. The number of hydrogen-bond donors (Lipinski definition) is 1. The van der Waals surface area contributed by atoms with E-state index in [4.69, 9.17) is 4.74 Å². The number of benzene rings is 1. The molecule has 0 radical (unpaired) electrons. The van der Waals surface area contributed by atoms with Crippen LogP contribution in [0.3, 0.4) is 0 Å². The predicted molar refractivity (Wildman–Crippen MR) is 82.8 cm³/mol. The van der Waals surface area contributed by atoms with Crippen LogP contribution in [0.5, 0.6) is 0 Å². The Morgan fingerprint density at radius 2 is 1.95 bits per heavy atom. The fourth-order valence-electron chi connectivity index (χ4n) is 3.30. The molecule has 1 aromatic carbocycles. The van der Waals surface area contributed by atoms with Crippen LogP contribution in [0.4, 0.5) is 0 Å². The van der Waals surface area contributed by atoms with Crippen LogP contribution in [0, 0.1) is 0 Å². The summed E-state index contributed by atoms with van der Waals surface area (Å²) in [6, 6.07) is 7.84. The largest absolute Gasteiger partial charge is 0.373 e. The fourth-order valence-corrected chi connectivity index (χ4v) is 4.82. The molecule has 120 valence electrons. The first-order chi connectivity index (χ1) is 10.6. The molecule has 1 atom stereocenters. The molecule has 3 rings (SSSR count). The van der Waals surface area contributed by atoms with Gasteiger partial charge < -0.3 is 4.74 Å². The van der Waals surface area contributed by atoms with Crippen LogP contribution in [-0.4, -0.2) is 26.2 Å². The number of carbonyl (C=O) groups is 1. The van der Waals surface area contributed by atoms with Crippen molar-refractivity contribution in [3.63, 3.8) is 0 Å². The molecule has 0 saturated heterocycles. The van der Waals surface area contributed by atoms with Crippen molar-refractivity contribution >= 4 is 15.9 Å². The lowest BCUT2D eigenvalue weighted by molar-refractivity contribution is -0.122. The quantitative estimate of drug-likeness (QED) is 0.921. The van der Waals surface area contributed by atoms with Crippen molar-refractivity contribution in [2.24, 2.45) is 0 Å². The summed E-state index contributed by atoms with van der Waals surface area (Å²) in [5.41, 5.74) is 2.16. The van der Waals surface area contributed by atoms with Crippen LogP contribution in [-0.2, 0) is 26.0 Å². The molecule has 2 aliphatic rings. The van der Waals surface area contributed by atoms with Gasteiger partial charge in [-0.25, -0.2) is 8.42 Å². The first kappa shape index (κ1) is 15.5. The molecular formula is C16H21NO4S. The summed E-state index contributed by atoms with van der Waals surface area (Å²) in [4.78, 5) is 12.1. The van der Waals surface area contributed by atoms with Gasteiger partial charge in [-0.15, -0.1) is 0 Å². The van der Waals surface area contributed by atoms with Crippen molar-refractivity contribution in [3.8, 4) is 0 Å². The van der Waals surface area contributed by atoms with Gasteiger partial charge >= 0.3 is 0 Å². The van der Waals surface area contributed by atoms with Crippen molar-refractivity contribution in [1.82, 2.24) is 4.72 Å². The summed E-state index contributed by atoms with van der Waals surface area (Å²) in [5, 5.41) is -0.420. The molecule has 1 saturated carbocycles. The summed E-state index contributed by atoms with van der Waals surface area (Å²) in [6.45, 7) is 0.560. The van der Waals surface area contributed by atoms with Gasteiger partial charge in [0.15, 0.2) is 0 Å². The molecule has 0 bridgehead atoms. The van der Waals surface area contributed by atoms with Crippen molar-refractivity contribution < 1.29 is 17.9 Å². The second-order valence-corrected chi connectivity index (χ2v) is 7.95. The normalized spacial score (nSPS) is 22.3. The number of hydrogen-bond acceptors (Lipinski definition) is 4. The third-order valence-corrected chi connectivity index (χ3v) is 6.32. The zero-order valence-electron chi connectivity index (χ0n) is 12.5. The minimum Gasteiger partial charge on any atom is -0.373 e. The standard InChI is InChI=1S/C16H21NO4S/c18-16(17-22(19,20)13-6-2-3-7-13)11-15-14-8-4-1-5-12(14)9-10-21-15/h1,4-5,8,13,15H,2-3,6-7,9-11H2,(H,17,18)/t15-/m1/s1. The van der Waals surface area contributed by atoms with E-state index >= 15 is 0 Å². The van der Waals surface area contributed by atoms with Crippen LogP contribution >= 0.6 is 0 Å². The second-order valence-electron chi connectivity index (χ2n) is 5.99. The average molecular weight is 323 g/mol. The molecular weight excluding hydrogens is 302 g/mol. The predicted octanol–water partition coefficient (Wildman–Crippen LogP) is 2.08. The maximum atomic E-state index is 12.2. The highest BCUT2D eigenvalue weighted by molar-refractivity contribution is 7.90. The van der Waals surface area contributed by atoms with Gasteiger partial charge in [-0.1, -0.05) is 37.1 Å². The third kappa shape index (κ3) is 3.33. The molecule has 0 unspecified atom stereocenters. The van der Waals surface area contributed by atoms with Gasteiger partial charge in [-0.3, -0.25) is 9.52 Å². The van der Waals surface area contributed by atoms with Gasteiger partial charge in [0.2, 0.25) is 15.9 Å². The van der Waals surface area contributed by atoms with Crippen molar-refractivity contribution in [1.29, 1.82) is 0 Å². The first-order valence-corrected chi connectivity index (χ1v) is 9.35. The van der Waals surface area contributed by atoms with Crippen LogP contribution < -0.4 is 4.72 Å². The number of fused-ring (bicyclic) bond motifs is 1.